The van der Waals surface area contributed by atoms with E-state index >= 15 is 0 Å². The zero-order valence-electron chi connectivity index (χ0n) is 13.9. The monoisotopic (exact) mass is 342 g/mol. The second kappa shape index (κ2) is 10.1. The van der Waals surface area contributed by atoms with E-state index in [1.165, 1.54) is 0 Å². The van der Waals surface area contributed by atoms with E-state index in [9.17, 15) is 8.42 Å². The minimum atomic E-state index is -3.15. The van der Waals surface area contributed by atoms with E-state index in [2.05, 4.69) is 20.3 Å². The number of sulfonamides is 1. The van der Waals surface area contributed by atoms with Crippen LogP contribution in [-0.4, -0.2) is 46.9 Å². The first-order chi connectivity index (χ1) is 11.0. The van der Waals surface area contributed by atoms with Gasteiger partial charge in [-0.3, -0.25) is 0 Å². The molecular weight excluding hydrogens is 316 g/mol. The summed E-state index contributed by atoms with van der Waals surface area (Å²) >= 11 is 0. The second-order valence-electron chi connectivity index (χ2n) is 4.77. The quantitative estimate of drug-likeness (QED) is 0.349. The highest BCUT2D eigenvalue weighted by molar-refractivity contribution is 7.89. The molecule has 0 saturated heterocycles. The number of hydrogen-bond donors (Lipinski definition) is 3. The third-order valence-electron chi connectivity index (χ3n) is 3.04. The van der Waals surface area contributed by atoms with Crippen LogP contribution in [0.3, 0.4) is 0 Å². The van der Waals surface area contributed by atoms with Crippen molar-refractivity contribution in [3.8, 4) is 5.75 Å². The van der Waals surface area contributed by atoms with Gasteiger partial charge >= 0.3 is 0 Å². The highest BCUT2D eigenvalue weighted by Gasteiger charge is 2.05. The molecule has 0 spiro atoms. The molecule has 0 saturated carbocycles. The van der Waals surface area contributed by atoms with Crippen LogP contribution in [0, 0.1) is 0 Å². The van der Waals surface area contributed by atoms with E-state index in [4.69, 9.17) is 4.74 Å². The Hall–Kier alpha value is -1.80. The minimum Gasteiger partial charge on any atom is -0.497 e. The summed E-state index contributed by atoms with van der Waals surface area (Å²) in [5.74, 6) is 1.54. The zero-order chi connectivity index (χ0) is 17.1. The fourth-order valence-electron chi connectivity index (χ4n) is 1.73. The van der Waals surface area contributed by atoms with Crippen molar-refractivity contribution < 1.29 is 13.2 Å². The van der Waals surface area contributed by atoms with Crippen molar-refractivity contribution in [1.82, 2.24) is 15.4 Å². The van der Waals surface area contributed by atoms with Gasteiger partial charge in [0.05, 0.1) is 19.4 Å². The Labute approximate surface area is 138 Å². The smallest absolute Gasteiger partial charge is 0.211 e. The number of methoxy groups -OCH3 is 1. The van der Waals surface area contributed by atoms with Gasteiger partial charge in [-0.25, -0.2) is 18.1 Å². The SMILES string of the molecule is CCNC(=NCc1ccc(OC)cc1)NCCNS(=O)(=O)CC. The van der Waals surface area contributed by atoms with Crippen LogP contribution < -0.4 is 20.1 Å². The van der Waals surface area contributed by atoms with Crippen molar-refractivity contribution in [2.24, 2.45) is 4.99 Å². The summed E-state index contributed by atoms with van der Waals surface area (Å²) in [6.45, 7) is 5.63. The molecule has 0 radical (unpaired) electrons. The molecule has 1 aromatic rings. The fraction of sp³-hybridized carbons (Fsp3) is 0.533. The Kier molecular flexibility index (Phi) is 8.42. The topological polar surface area (TPSA) is 91.8 Å². The molecule has 0 aliphatic heterocycles. The molecule has 0 aliphatic rings. The van der Waals surface area contributed by atoms with E-state index in [0.29, 0.717) is 25.6 Å². The summed E-state index contributed by atoms with van der Waals surface area (Å²) < 4.78 is 30.3. The standard InChI is InChI=1S/C15H26N4O3S/c1-4-16-15(17-10-11-19-23(20,21)5-2)18-12-13-6-8-14(22-3)9-7-13/h6-9,19H,4-5,10-12H2,1-3H3,(H2,16,17,18). The van der Waals surface area contributed by atoms with Gasteiger partial charge in [-0.05, 0) is 31.5 Å². The second-order valence-corrected chi connectivity index (χ2v) is 6.86. The van der Waals surface area contributed by atoms with Gasteiger partial charge in [0.2, 0.25) is 10.0 Å². The highest BCUT2D eigenvalue weighted by atomic mass is 32.2. The normalized spacial score (nSPS) is 12.0. The molecule has 8 heteroatoms. The Bertz CT molecular complexity index is 585. The molecule has 7 nitrogen and oxygen atoms in total. The third-order valence-corrected chi connectivity index (χ3v) is 4.45. The fourth-order valence-corrected chi connectivity index (χ4v) is 2.35. The van der Waals surface area contributed by atoms with Crippen LogP contribution in [-0.2, 0) is 16.6 Å². The Morgan fingerprint density at radius 1 is 1.13 bits per heavy atom. The van der Waals surface area contributed by atoms with Crippen LogP contribution in [0.5, 0.6) is 5.75 Å². The van der Waals surface area contributed by atoms with Gasteiger partial charge in [-0.2, -0.15) is 0 Å². The third kappa shape index (κ3) is 7.85. The molecule has 0 bridgehead atoms. The maximum Gasteiger partial charge on any atom is 0.211 e. The van der Waals surface area contributed by atoms with Gasteiger partial charge in [0, 0.05) is 19.6 Å². The van der Waals surface area contributed by atoms with Crippen molar-refractivity contribution in [2.45, 2.75) is 20.4 Å². The summed E-state index contributed by atoms with van der Waals surface area (Å²) in [7, 11) is -1.52. The average molecular weight is 342 g/mol. The van der Waals surface area contributed by atoms with Gasteiger partial charge in [-0.15, -0.1) is 0 Å². The highest BCUT2D eigenvalue weighted by Crippen LogP contribution is 2.11. The number of benzene rings is 1. The maximum atomic E-state index is 11.3. The lowest BCUT2D eigenvalue weighted by Crippen LogP contribution is -2.41. The molecule has 0 atom stereocenters. The minimum absolute atomic E-state index is 0.0820. The van der Waals surface area contributed by atoms with Gasteiger partial charge in [-0.1, -0.05) is 12.1 Å². The zero-order valence-corrected chi connectivity index (χ0v) is 14.7. The van der Waals surface area contributed by atoms with Crippen LogP contribution in [0.15, 0.2) is 29.3 Å². The van der Waals surface area contributed by atoms with E-state index in [1.807, 2.05) is 31.2 Å². The van der Waals surface area contributed by atoms with Crippen LogP contribution in [0.1, 0.15) is 19.4 Å². The molecule has 3 N–H and O–H groups in total. The summed E-state index contributed by atoms with van der Waals surface area (Å²) in [6.07, 6.45) is 0. The average Bonchev–Trinajstić information content (AvgIpc) is 2.57. The lowest BCUT2D eigenvalue weighted by molar-refractivity contribution is 0.414. The van der Waals surface area contributed by atoms with E-state index in [-0.39, 0.29) is 5.75 Å². The number of guanidine groups is 1. The largest absolute Gasteiger partial charge is 0.497 e. The molecule has 0 aliphatic carbocycles. The molecule has 0 amide bonds. The lowest BCUT2D eigenvalue weighted by atomic mass is 10.2. The van der Waals surface area contributed by atoms with Gasteiger partial charge in [0.15, 0.2) is 5.96 Å². The van der Waals surface area contributed by atoms with Gasteiger partial charge < -0.3 is 15.4 Å². The number of rotatable bonds is 9. The van der Waals surface area contributed by atoms with Crippen molar-refractivity contribution in [2.75, 3.05) is 32.5 Å². The number of nitrogens with zero attached hydrogens (tertiary/aromatic N) is 1. The van der Waals surface area contributed by atoms with Crippen molar-refractivity contribution >= 4 is 16.0 Å². The van der Waals surface area contributed by atoms with Crippen LogP contribution in [0.2, 0.25) is 0 Å². The molecule has 0 heterocycles. The molecule has 1 aromatic carbocycles. The predicted octanol–water partition coefficient (Wildman–Crippen LogP) is 0.690. The van der Waals surface area contributed by atoms with Gasteiger partial charge in [0.25, 0.3) is 0 Å². The van der Waals surface area contributed by atoms with Crippen LogP contribution >= 0.6 is 0 Å². The Morgan fingerprint density at radius 3 is 2.39 bits per heavy atom. The summed E-state index contributed by atoms with van der Waals surface area (Å²) in [5, 5.41) is 6.22. The molecule has 1 rings (SSSR count). The summed E-state index contributed by atoms with van der Waals surface area (Å²) in [4.78, 5) is 4.47. The van der Waals surface area contributed by atoms with E-state index < -0.39 is 10.0 Å². The predicted molar refractivity (Wildman–Crippen MR) is 93.3 cm³/mol. The van der Waals surface area contributed by atoms with E-state index in [0.717, 1.165) is 17.9 Å². The summed E-state index contributed by atoms with van der Waals surface area (Å²) in [5.41, 5.74) is 1.06. The van der Waals surface area contributed by atoms with Crippen molar-refractivity contribution in [3.05, 3.63) is 29.8 Å². The van der Waals surface area contributed by atoms with Crippen molar-refractivity contribution in [1.29, 1.82) is 0 Å². The number of nitrogens with one attached hydrogen (secondary N) is 3. The molecule has 130 valence electrons. The van der Waals surface area contributed by atoms with E-state index in [1.54, 1.807) is 14.0 Å². The Balaban J connectivity index is 2.49. The van der Waals surface area contributed by atoms with Crippen LogP contribution in [0.25, 0.3) is 0 Å². The Morgan fingerprint density at radius 2 is 1.83 bits per heavy atom. The molecular formula is C15H26N4O3S. The van der Waals surface area contributed by atoms with Gasteiger partial charge in [0.1, 0.15) is 5.75 Å². The maximum absolute atomic E-state index is 11.3. The number of hydrogen-bond acceptors (Lipinski definition) is 4. The molecule has 0 fully saturated rings. The molecule has 0 unspecified atom stereocenters. The number of ether oxygens (including phenoxy) is 1. The summed E-state index contributed by atoms with van der Waals surface area (Å²) in [6, 6.07) is 7.71. The molecule has 23 heavy (non-hydrogen) atoms. The first kappa shape index (κ1) is 19.2. The van der Waals surface area contributed by atoms with Crippen molar-refractivity contribution in [3.63, 3.8) is 0 Å². The first-order valence-electron chi connectivity index (χ1n) is 7.63. The van der Waals surface area contributed by atoms with Crippen LogP contribution in [0.4, 0.5) is 0 Å². The first-order valence-corrected chi connectivity index (χ1v) is 9.28. The lowest BCUT2D eigenvalue weighted by Gasteiger charge is -2.12. The number of aliphatic imine (C=N–C) groups is 1. The molecule has 0 aromatic heterocycles.